The van der Waals surface area contributed by atoms with E-state index in [9.17, 15) is 8.42 Å². The topological polar surface area (TPSA) is 84.8 Å². The minimum absolute atomic E-state index is 0. The first-order valence-electron chi connectivity index (χ1n) is 5.99. The molecule has 1 rings (SSSR count). The van der Waals surface area contributed by atoms with E-state index < -0.39 is 9.84 Å². The number of nitrogens with zero attached hydrogens (tertiary/aromatic N) is 3. The van der Waals surface area contributed by atoms with Crippen LogP contribution in [0.25, 0.3) is 0 Å². The Morgan fingerprint density at radius 1 is 1.55 bits per heavy atom. The zero-order valence-electron chi connectivity index (χ0n) is 11.6. The molecular weight excluding hydrogens is 306 g/mol. The second-order valence-electron chi connectivity index (χ2n) is 4.23. The van der Waals surface area contributed by atoms with Crippen molar-refractivity contribution in [2.75, 3.05) is 18.6 Å². The van der Waals surface area contributed by atoms with Crippen molar-refractivity contribution in [2.45, 2.75) is 26.6 Å². The summed E-state index contributed by atoms with van der Waals surface area (Å²) < 4.78 is 30.9. The zero-order chi connectivity index (χ0) is 14.3. The van der Waals surface area contributed by atoms with E-state index in [2.05, 4.69) is 5.16 Å². The third-order valence-electron chi connectivity index (χ3n) is 2.48. The van der Waals surface area contributed by atoms with Gasteiger partial charge in [0.1, 0.15) is 22.2 Å². The number of imidazole rings is 1. The molecule has 0 aromatic carbocycles. The van der Waals surface area contributed by atoms with Crippen molar-refractivity contribution in [2.24, 2.45) is 5.16 Å². The van der Waals surface area contributed by atoms with Crippen LogP contribution in [0.2, 0.25) is 0 Å². The van der Waals surface area contributed by atoms with Crippen molar-refractivity contribution in [3.05, 3.63) is 18.2 Å². The van der Waals surface area contributed by atoms with Gasteiger partial charge in [-0.3, -0.25) is 0 Å². The first kappa shape index (κ1) is 18.9. The third-order valence-corrected chi connectivity index (χ3v) is 3.39. The number of oxime groups is 1. The third kappa shape index (κ3) is 6.36. The molecule has 0 radical (unpaired) electrons. The minimum atomic E-state index is -3.01. The maximum absolute atomic E-state index is 11.0. The Bertz CT molecular complexity index is 528. The van der Waals surface area contributed by atoms with Gasteiger partial charge < -0.3 is 22.4 Å². The van der Waals surface area contributed by atoms with Gasteiger partial charge in [0, 0.05) is 6.26 Å². The van der Waals surface area contributed by atoms with Crippen LogP contribution >= 0.6 is 0 Å². The number of rotatable bonds is 8. The van der Waals surface area contributed by atoms with E-state index in [1.807, 2.05) is 17.7 Å². The van der Waals surface area contributed by atoms with Crippen LogP contribution in [0.3, 0.4) is 0 Å². The van der Waals surface area contributed by atoms with E-state index in [-0.39, 0.29) is 31.5 Å². The van der Waals surface area contributed by atoms with Gasteiger partial charge in [-0.2, -0.15) is 0 Å². The number of sulfone groups is 1. The van der Waals surface area contributed by atoms with Gasteiger partial charge >= 0.3 is 5.82 Å². The number of aryl methyl sites for hydroxylation is 1. The summed E-state index contributed by atoms with van der Waals surface area (Å²) in [5, 5.41) is 11.7. The standard InChI is InChI=1S/C11H19N3O4S.ClH/c1-3-4-13-5-6-14(11(13)9-12-15)10-18-7-8-19(2,16)17;/h5-6,9H,3-4,7-8,10H2,1-2H3;1H. The molecule has 0 aliphatic carbocycles. The van der Waals surface area contributed by atoms with E-state index >= 15 is 0 Å². The smallest absolute Gasteiger partial charge is 0.305 e. The van der Waals surface area contributed by atoms with Gasteiger partial charge in [0.05, 0.1) is 18.9 Å². The Morgan fingerprint density at radius 2 is 2.25 bits per heavy atom. The summed E-state index contributed by atoms with van der Waals surface area (Å²) in [7, 11) is -3.01. The van der Waals surface area contributed by atoms with Crippen LogP contribution in [0.4, 0.5) is 0 Å². The molecule has 0 aliphatic heterocycles. The molecule has 0 unspecified atom stereocenters. The lowest BCUT2D eigenvalue weighted by molar-refractivity contribution is -0.732. The highest BCUT2D eigenvalue weighted by atomic mass is 35.5. The van der Waals surface area contributed by atoms with E-state index in [1.54, 1.807) is 10.8 Å². The quantitative estimate of drug-likeness (QED) is 0.182. The Kier molecular flexibility index (Phi) is 8.43. The van der Waals surface area contributed by atoms with Crippen LogP contribution in [-0.4, -0.2) is 43.0 Å². The van der Waals surface area contributed by atoms with Crippen molar-refractivity contribution in [1.29, 1.82) is 0 Å². The lowest BCUT2D eigenvalue weighted by Gasteiger charge is -2.02. The van der Waals surface area contributed by atoms with Crippen LogP contribution in [0.5, 0.6) is 0 Å². The normalized spacial score (nSPS) is 11.7. The molecule has 7 nitrogen and oxygen atoms in total. The van der Waals surface area contributed by atoms with E-state index in [0.29, 0.717) is 5.82 Å². The number of hydrogen-bond acceptors (Lipinski definition) is 5. The molecule has 9 heteroatoms. The average molecular weight is 326 g/mol. The zero-order valence-corrected chi connectivity index (χ0v) is 13.1. The van der Waals surface area contributed by atoms with Crippen LogP contribution in [0.1, 0.15) is 19.2 Å². The molecule has 0 bridgehead atoms. The maximum Gasteiger partial charge on any atom is 0.305 e. The van der Waals surface area contributed by atoms with Crippen LogP contribution in [0.15, 0.2) is 17.5 Å². The molecule has 0 amide bonds. The van der Waals surface area contributed by atoms with E-state index in [0.717, 1.165) is 13.0 Å². The highest BCUT2D eigenvalue weighted by Gasteiger charge is 2.15. The minimum Gasteiger partial charge on any atom is -1.00 e. The van der Waals surface area contributed by atoms with Gasteiger partial charge in [0.25, 0.3) is 0 Å². The molecular formula is C11H20ClN3O4S. The van der Waals surface area contributed by atoms with Crippen molar-refractivity contribution in [3.63, 3.8) is 0 Å². The molecule has 1 N–H and O–H groups in total. The van der Waals surface area contributed by atoms with Crippen LogP contribution < -0.4 is 17.0 Å². The van der Waals surface area contributed by atoms with Gasteiger partial charge in [-0.15, -0.1) is 0 Å². The fourth-order valence-corrected chi connectivity index (χ4v) is 2.01. The van der Waals surface area contributed by atoms with Gasteiger partial charge in [-0.05, 0) is 6.42 Å². The molecule has 0 atom stereocenters. The first-order chi connectivity index (χ1) is 8.98. The van der Waals surface area contributed by atoms with Gasteiger partial charge in [0.2, 0.25) is 0 Å². The number of halogens is 1. The summed E-state index contributed by atoms with van der Waals surface area (Å²) in [6, 6.07) is 0. The van der Waals surface area contributed by atoms with Gasteiger partial charge in [-0.25, -0.2) is 17.6 Å². The summed E-state index contributed by atoms with van der Waals surface area (Å²) >= 11 is 0. The predicted octanol–water partition coefficient (Wildman–Crippen LogP) is -2.98. The van der Waals surface area contributed by atoms with Crippen molar-refractivity contribution < 1.29 is 35.3 Å². The lowest BCUT2D eigenvalue weighted by Crippen LogP contribution is -3.00. The maximum atomic E-state index is 11.0. The Hall–Kier alpha value is -1.12. The summed E-state index contributed by atoms with van der Waals surface area (Å²) in [5.74, 6) is 0.691. The van der Waals surface area contributed by atoms with Gasteiger partial charge in [-0.1, -0.05) is 12.1 Å². The molecule has 1 heterocycles. The molecule has 0 aliphatic rings. The molecule has 0 saturated heterocycles. The summed E-state index contributed by atoms with van der Waals surface area (Å²) in [6.45, 7) is 3.21. The first-order valence-corrected chi connectivity index (χ1v) is 8.05. The van der Waals surface area contributed by atoms with Crippen LogP contribution in [0, 0.1) is 0 Å². The Balaban J connectivity index is 0.00000361. The highest BCUT2D eigenvalue weighted by Crippen LogP contribution is 1.96. The molecule has 0 spiro atoms. The van der Waals surface area contributed by atoms with Crippen molar-refractivity contribution in [1.82, 2.24) is 4.57 Å². The van der Waals surface area contributed by atoms with Crippen LogP contribution in [-0.2, 0) is 27.8 Å². The fourth-order valence-electron chi connectivity index (χ4n) is 1.59. The van der Waals surface area contributed by atoms with Crippen molar-refractivity contribution in [3.8, 4) is 0 Å². The molecule has 1 aromatic rings. The Morgan fingerprint density at radius 3 is 2.80 bits per heavy atom. The molecule has 20 heavy (non-hydrogen) atoms. The SMILES string of the molecule is CCCn1cc[n+](COCCS(C)(=O)=O)c1/C=N/O.[Cl-]. The monoisotopic (exact) mass is 325 g/mol. The second-order valence-corrected chi connectivity index (χ2v) is 6.49. The summed E-state index contributed by atoms with van der Waals surface area (Å²) in [4.78, 5) is 0. The number of ether oxygens (including phenoxy) is 1. The van der Waals surface area contributed by atoms with Gasteiger partial charge in [0.15, 0.2) is 12.9 Å². The predicted molar refractivity (Wildman–Crippen MR) is 70.0 cm³/mol. The summed E-state index contributed by atoms with van der Waals surface area (Å²) in [5.41, 5.74) is 0. The van der Waals surface area contributed by atoms with E-state index in [4.69, 9.17) is 9.94 Å². The molecule has 0 fully saturated rings. The molecule has 116 valence electrons. The second kappa shape index (κ2) is 8.93. The fraction of sp³-hybridized carbons (Fsp3) is 0.636. The Labute approximate surface area is 125 Å². The lowest BCUT2D eigenvalue weighted by atomic mass is 10.4. The van der Waals surface area contributed by atoms with Crippen molar-refractivity contribution >= 4 is 16.1 Å². The van der Waals surface area contributed by atoms with E-state index in [1.165, 1.54) is 12.5 Å². The molecule has 0 saturated carbocycles. The average Bonchev–Trinajstić information content (AvgIpc) is 2.68. The highest BCUT2D eigenvalue weighted by molar-refractivity contribution is 7.90. The number of hydrogen-bond donors (Lipinski definition) is 1. The number of aromatic nitrogens is 2. The largest absolute Gasteiger partial charge is 1.00 e. The summed E-state index contributed by atoms with van der Waals surface area (Å²) in [6.07, 6.45) is 7.12. The molecule has 1 aromatic heterocycles.